The van der Waals surface area contributed by atoms with Crippen molar-refractivity contribution in [3.63, 3.8) is 0 Å². The van der Waals surface area contributed by atoms with Crippen LogP contribution in [0.25, 0.3) is 11.2 Å². The molecule has 2 aromatic heterocycles. The van der Waals surface area contributed by atoms with Crippen LogP contribution in [-0.2, 0) is 20.6 Å². The molecule has 0 unspecified atom stereocenters. The first kappa shape index (κ1) is 18.8. The van der Waals surface area contributed by atoms with Crippen molar-refractivity contribution >= 4 is 28.5 Å². The first-order chi connectivity index (χ1) is 13.9. The average molecular weight is 397 g/mol. The van der Waals surface area contributed by atoms with Crippen LogP contribution in [0.15, 0.2) is 39.0 Å². The molecule has 1 aromatic carbocycles. The number of methoxy groups -OCH3 is 1. The smallest absolute Gasteiger partial charge is 0.332 e. The molecule has 0 fully saturated rings. The van der Waals surface area contributed by atoms with Crippen LogP contribution in [0, 0.1) is 0 Å². The summed E-state index contributed by atoms with van der Waals surface area (Å²) in [5.74, 6) is 1.31. The Bertz CT molecular complexity index is 1240. The van der Waals surface area contributed by atoms with E-state index >= 15 is 0 Å². The molecule has 1 aliphatic heterocycles. The molecule has 0 saturated carbocycles. The minimum Gasteiger partial charge on any atom is -0.495 e. The van der Waals surface area contributed by atoms with Crippen LogP contribution < -0.4 is 26.3 Å². The minimum absolute atomic E-state index is 0.358. The maximum absolute atomic E-state index is 12.7. The zero-order chi connectivity index (χ0) is 20.7. The van der Waals surface area contributed by atoms with Gasteiger partial charge in [0, 0.05) is 20.6 Å². The highest BCUT2D eigenvalue weighted by molar-refractivity contribution is 5.87. The van der Waals surface area contributed by atoms with E-state index in [1.165, 1.54) is 11.6 Å². The van der Waals surface area contributed by atoms with Crippen molar-refractivity contribution in [3.05, 3.63) is 45.1 Å². The molecule has 152 valence electrons. The van der Waals surface area contributed by atoms with Gasteiger partial charge in [-0.2, -0.15) is 10.1 Å². The summed E-state index contributed by atoms with van der Waals surface area (Å²) in [5, 5.41) is 9.69. The molecule has 3 aromatic rings. The molecule has 10 nitrogen and oxygen atoms in total. The van der Waals surface area contributed by atoms with Gasteiger partial charge in [-0.15, -0.1) is 0 Å². The number of hydrogen-bond acceptors (Lipinski definition) is 7. The Balaban J connectivity index is 1.67. The van der Waals surface area contributed by atoms with Crippen LogP contribution in [0.4, 0.5) is 11.6 Å². The molecular weight excluding hydrogens is 374 g/mol. The Morgan fingerprint density at radius 2 is 1.93 bits per heavy atom. The maximum Gasteiger partial charge on any atom is 0.332 e. The molecule has 4 rings (SSSR count). The number of hydrogen-bond donors (Lipinski definition) is 1. The molecule has 0 spiro atoms. The highest BCUT2D eigenvalue weighted by Crippen LogP contribution is 2.25. The van der Waals surface area contributed by atoms with Crippen LogP contribution in [0.1, 0.15) is 6.92 Å². The van der Waals surface area contributed by atoms with Crippen molar-refractivity contribution in [2.24, 2.45) is 19.2 Å². The zero-order valence-corrected chi connectivity index (χ0v) is 16.8. The summed E-state index contributed by atoms with van der Waals surface area (Å²) in [7, 11) is 4.72. The van der Waals surface area contributed by atoms with Gasteiger partial charge in [0.1, 0.15) is 5.75 Å². The van der Waals surface area contributed by atoms with Gasteiger partial charge in [0.05, 0.1) is 31.6 Å². The molecule has 0 amide bonds. The second-order valence-corrected chi connectivity index (χ2v) is 6.96. The van der Waals surface area contributed by atoms with E-state index in [2.05, 4.69) is 15.4 Å². The fraction of sp³-hybridized carbons (Fsp3) is 0.368. The molecule has 29 heavy (non-hydrogen) atoms. The van der Waals surface area contributed by atoms with Gasteiger partial charge in [-0.3, -0.25) is 18.5 Å². The second kappa shape index (κ2) is 7.12. The van der Waals surface area contributed by atoms with E-state index in [1.54, 1.807) is 19.2 Å². The van der Waals surface area contributed by atoms with Gasteiger partial charge < -0.3 is 10.1 Å². The average Bonchev–Trinajstić information content (AvgIpc) is 3.10. The summed E-state index contributed by atoms with van der Waals surface area (Å²) >= 11 is 0. The van der Waals surface area contributed by atoms with Crippen molar-refractivity contribution < 1.29 is 4.74 Å². The number of nitrogens with one attached hydrogen (secondary N) is 1. The number of ether oxygens (including phenoxy) is 1. The van der Waals surface area contributed by atoms with Crippen LogP contribution in [0.2, 0.25) is 0 Å². The number of anilines is 2. The number of fused-ring (bicyclic) bond motifs is 3. The number of imidazole rings is 1. The third-order valence-corrected chi connectivity index (χ3v) is 4.98. The van der Waals surface area contributed by atoms with E-state index < -0.39 is 5.69 Å². The Morgan fingerprint density at radius 3 is 2.69 bits per heavy atom. The molecule has 3 heterocycles. The van der Waals surface area contributed by atoms with Crippen molar-refractivity contribution in [1.29, 1.82) is 0 Å². The second-order valence-electron chi connectivity index (χ2n) is 6.96. The Morgan fingerprint density at radius 1 is 1.17 bits per heavy atom. The first-order valence-electron chi connectivity index (χ1n) is 9.27. The van der Waals surface area contributed by atoms with E-state index in [-0.39, 0.29) is 5.56 Å². The summed E-state index contributed by atoms with van der Waals surface area (Å²) in [6.45, 7) is 3.46. The Hall–Kier alpha value is -3.56. The molecular formula is C19H23N7O3. The predicted octanol–water partition coefficient (Wildman–Crippen LogP) is 0.750. The van der Waals surface area contributed by atoms with Crippen molar-refractivity contribution in [2.75, 3.05) is 30.5 Å². The number of nitrogens with zero attached hydrogens (tertiary/aromatic N) is 6. The normalized spacial score (nSPS) is 13.4. The van der Waals surface area contributed by atoms with Crippen molar-refractivity contribution in [3.8, 4) is 5.75 Å². The fourth-order valence-electron chi connectivity index (χ4n) is 3.53. The van der Waals surface area contributed by atoms with Gasteiger partial charge in [0.25, 0.3) is 5.56 Å². The molecule has 1 N–H and O–H groups in total. The van der Waals surface area contributed by atoms with E-state index in [0.717, 1.165) is 21.7 Å². The predicted molar refractivity (Wildman–Crippen MR) is 112 cm³/mol. The van der Waals surface area contributed by atoms with Gasteiger partial charge in [0.15, 0.2) is 11.2 Å². The lowest BCUT2D eigenvalue weighted by Gasteiger charge is -2.25. The molecule has 1 aliphatic rings. The van der Waals surface area contributed by atoms with Crippen LogP contribution in [-0.4, -0.2) is 44.6 Å². The lowest BCUT2D eigenvalue weighted by molar-refractivity contribution is 0.416. The molecule has 0 radical (unpaired) electrons. The van der Waals surface area contributed by atoms with Crippen molar-refractivity contribution in [1.82, 2.24) is 18.7 Å². The SMILES string of the molecule is COc1ccccc1NCCN1N=C(C)Cn2c1nc1c2c(=O)n(C)c(=O)n1C. The van der Waals surface area contributed by atoms with Gasteiger partial charge >= 0.3 is 5.69 Å². The summed E-state index contributed by atoms with van der Waals surface area (Å²) < 4.78 is 9.68. The number of para-hydroxylation sites is 2. The number of rotatable bonds is 5. The van der Waals surface area contributed by atoms with Gasteiger partial charge in [-0.25, -0.2) is 9.80 Å². The highest BCUT2D eigenvalue weighted by Gasteiger charge is 2.25. The van der Waals surface area contributed by atoms with E-state index in [0.29, 0.717) is 36.7 Å². The number of aryl methyl sites for hydroxylation is 1. The van der Waals surface area contributed by atoms with Crippen LogP contribution >= 0.6 is 0 Å². The van der Waals surface area contributed by atoms with E-state index in [1.807, 2.05) is 35.8 Å². The minimum atomic E-state index is -0.403. The van der Waals surface area contributed by atoms with E-state index in [4.69, 9.17) is 4.74 Å². The number of aromatic nitrogens is 4. The van der Waals surface area contributed by atoms with Crippen LogP contribution in [0.3, 0.4) is 0 Å². The lowest BCUT2D eigenvalue weighted by atomic mass is 10.3. The molecule has 0 bridgehead atoms. The summed E-state index contributed by atoms with van der Waals surface area (Å²) in [6.07, 6.45) is 0. The third-order valence-electron chi connectivity index (χ3n) is 4.98. The molecule has 0 atom stereocenters. The largest absolute Gasteiger partial charge is 0.495 e. The topological polar surface area (TPSA) is 98.7 Å². The molecule has 10 heteroatoms. The fourth-order valence-corrected chi connectivity index (χ4v) is 3.53. The zero-order valence-electron chi connectivity index (χ0n) is 16.8. The molecule has 0 aliphatic carbocycles. The quantitative estimate of drug-likeness (QED) is 0.682. The number of benzene rings is 1. The van der Waals surface area contributed by atoms with Gasteiger partial charge in [0.2, 0.25) is 5.95 Å². The molecule has 0 saturated heterocycles. The van der Waals surface area contributed by atoms with Gasteiger partial charge in [-0.05, 0) is 19.1 Å². The lowest BCUT2D eigenvalue weighted by Crippen LogP contribution is -2.38. The maximum atomic E-state index is 12.7. The summed E-state index contributed by atoms with van der Waals surface area (Å²) in [5.41, 5.74) is 1.74. The highest BCUT2D eigenvalue weighted by atomic mass is 16.5. The third kappa shape index (κ3) is 3.06. The first-order valence-corrected chi connectivity index (χ1v) is 9.27. The van der Waals surface area contributed by atoms with Crippen LogP contribution in [0.5, 0.6) is 5.75 Å². The summed E-state index contributed by atoms with van der Waals surface area (Å²) in [6, 6.07) is 7.68. The number of hydrazone groups is 1. The monoisotopic (exact) mass is 397 g/mol. The summed E-state index contributed by atoms with van der Waals surface area (Å²) in [4.78, 5) is 29.6. The Kier molecular flexibility index (Phi) is 4.61. The Labute approximate surface area is 166 Å². The van der Waals surface area contributed by atoms with E-state index in [9.17, 15) is 9.59 Å². The van der Waals surface area contributed by atoms with Gasteiger partial charge in [-0.1, -0.05) is 12.1 Å². The standard InChI is InChI=1S/C19H23N7O3/c1-12-11-25-15-16(23(2)19(28)24(3)17(15)27)21-18(25)26(22-12)10-9-20-13-7-5-6-8-14(13)29-4/h5-8,20H,9-11H2,1-4H3. The van der Waals surface area contributed by atoms with Crippen molar-refractivity contribution in [2.45, 2.75) is 13.5 Å².